The molecule has 2 aliphatic rings. The van der Waals surface area contributed by atoms with Crippen LogP contribution in [0.25, 0.3) is 11.5 Å². The molecule has 1 aliphatic heterocycles. The third-order valence-corrected chi connectivity index (χ3v) is 4.91. The Kier molecular flexibility index (Phi) is 3.91. The van der Waals surface area contributed by atoms with Crippen LogP contribution >= 0.6 is 0 Å². The van der Waals surface area contributed by atoms with Crippen LogP contribution in [0.15, 0.2) is 28.8 Å². The zero-order valence-electron chi connectivity index (χ0n) is 13.2. The van der Waals surface area contributed by atoms with Gasteiger partial charge in [0.25, 0.3) is 0 Å². The summed E-state index contributed by atoms with van der Waals surface area (Å²) in [5.41, 5.74) is 0.873. The second-order valence-corrected chi connectivity index (χ2v) is 6.47. The number of H-pyrrole nitrogens is 1. The number of piperazine rings is 1. The highest BCUT2D eigenvalue weighted by atomic mass is 16.3. The van der Waals surface area contributed by atoms with Gasteiger partial charge in [-0.3, -0.25) is 14.8 Å². The summed E-state index contributed by atoms with van der Waals surface area (Å²) >= 11 is 0. The van der Waals surface area contributed by atoms with Crippen molar-refractivity contribution in [1.82, 2.24) is 20.0 Å². The molecule has 1 N–H and O–H groups in total. The molecule has 3 heterocycles. The first-order valence-corrected chi connectivity index (χ1v) is 8.40. The minimum Gasteiger partial charge on any atom is -0.458 e. The number of carbonyl (C=O) groups is 1. The summed E-state index contributed by atoms with van der Waals surface area (Å²) in [6.45, 7) is 2.94. The molecule has 0 radical (unpaired) electrons. The largest absolute Gasteiger partial charge is 0.458 e. The lowest BCUT2D eigenvalue weighted by Gasteiger charge is -2.37. The molecule has 0 unspecified atom stereocenters. The second-order valence-electron chi connectivity index (χ2n) is 6.47. The van der Waals surface area contributed by atoms with Crippen LogP contribution in [0.1, 0.15) is 31.4 Å². The molecule has 2 fully saturated rings. The summed E-state index contributed by atoms with van der Waals surface area (Å²) in [6.07, 6.45) is 6.59. The predicted molar refractivity (Wildman–Crippen MR) is 85.5 cm³/mol. The second kappa shape index (κ2) is 6.20. The molecule has 6 nitrogen and oxygen atoms in total. The fourth-order valence-electron chi connectivity index (χ4n) is 3.69. The SMILES string of the molecule is O=C1CN(Cc2ccc(-c3ccn[nH]3)o2)CCN1C1CCCC1. The maximum Gasteiger partial charge on any atom is 0.237 e. The molecule has 2 aromatic rings. The monoisotopic (exact) mass is 314 g/mol. The standard InChI is InChI=1S/C17H22N4O2/c22-17-12-20(9-10-21(17)13-3-1-2-4-13)11-14-5-6-16(23-14)15-7-8-18-19-15/h5-8,13H,1-4,9-12H2,(H,18,19). The van der Waals surface area contributed by atoms with Gasteiger partial charge in [0, 0.05) is 25.3 Å². The molecular weight excluding hydrogens is 292 g/mol. The van der Waals surface area contributed by atoms with Gasteiger partial charge >= 0.3 is 0 Å². The fourth-order valence-corrected chi connectivity index (χ4v) is 3.69. The van der Waals surface area contributed by atoms with E-state index < -0.39 is 0 Å². The van der Waals surface area contributed by atoms with Gasteiger partial charge in [0.1, 0.15) is 11.5 Å². The van der Waals surface area contributed by atoms with Crippen molar-refractivity contribution in [3.63, 3.8) is 0 Å². The van der Waals surface area contributed by atoms with Gasteiger partial charge in [0.2, 0.25) is 5.91 Å². The maximum absolute atomic E-state index is 12.4. The summed E-state index contributed by atoms with van der Waals surface area (Å²) in [4.78, 5) is 16.7. The van der Waals surface area contributed by atoms with Crippen LogP contribution in [-0.4, -0.2) is 51.6 Å². The number of rotatable bonds is 4. The van der Waals surface area contributed by atoms with Crippen molar-refractivity contribution in [3.8, 4) is 11.5 Å². The number of aromatic amines is 1. The maximum atomic E-state index is 12.4. The van der Waals surface area contributed by atoms with E-state index in [1.165, 1.54) is 25.7 Å². The van der Waals surface area contributed by atoms with Crippen molar-refractivity contribution in [1.29, 1.82) is 0 Å². The van der Waals surface area contributed by atoms with Crippen molar-refractivity contribution < 1.29 is 9.21 Å². The number of amides is 1. The number of carbonyl (C=O) groups excluding carboxylic acids is 1. The third-order valence-electron chi connectivity index (χ3n) is 4.91. The zero-order valence-corrected chi connectivity index (χ0v) is 13.2. The Morgan fingerprint density at radius 2 is 2.09 bits per heavy atom. The van der Waals surface area contributed by atoms with Gasteiger partial charge in [0.15, 0.2) is 5.76 Å². The number of nitrogens with zero attached hydrogens (tertiary/aromatic N) is 3. The Morgan fingerprint density at radius 1 is 1.22 bits per heavy atom. The van der Waals surface area contributed by atoms with E-state index in [1.54, 1.807) is 6.20 Å². The molecule has 2 aromatic heterocycles. The van der Waals surface area contributed by atoms with E-state index in [0.717, 1.165) is 30.3 Å². The van der Waals surface area contributed by atoms with Gasteiger partial charge in [-0.1, -0.05) is 12.8 Å². The van der Waals surface area contributed by atoms with E-state index in [4.69, 9.17) is 4.42 Å². The normalized spacial score (nSPS) is 20.5. The van der Waals surface area contributed by atoms with Crippen LogP contribution in [0.5, 0.6) is 0 Å². The van der Waals surface area contributed by atoms with Gasteiger partial charge in [-0.25, -0.2) is 0 Å². The van der Waals surface area contributed by atoms with Crippen molar-refractivity contribution in [2.24, 2.45) is 0 Å². The third kappa shape index (κ3) is 3.03. The van der Waals surface area contributed by atoms with Gasteiger partial charge in [-0.05, 0) is 31.0 Å². The van der Waals surface area contributed by atoms with Crippen LogP contribution in [0.4, 0.5) is 0 Å². The lowest BCUT2D eigenvalue weighted by Crippen LogP contribution is -2.53. The molecule has 122 valence electrons. The Morgan fingerprint density at radius 3 is 2.83 bits per heavy atom. The van der Waals surface area contributed by atoms with Crippen LogP contribution in [0, 0.1) is 0 Å². The lowest BCUT2D eigenvalue weighted by atomic mass is 10.1. The van der Waals surface area contributed by atoms with Gasteiger partial charge < -0.3 is 9.32 Å². The van der Waals surface area contributed by atoms with Crippen LogP contribution in [-0.2, 0) is 11.3 Å². The molecular formula is C17H22N4O2. The average molecular weight is 314 g/mol. The molecule has 1 amide bonds. The number of hydrogen-bond donors (Lipinski definition) is 1. The van der Waals surface area contributed by atoms with Crippen LogP contribution < -0.4 is 0 Å². The van der Waals surface area contributed by atoms with Crippen molar-refractivity contribution in [3.05, 3.63) is 30.2 Å². The average Bonchev–Trinajstić information content (AvgIpc) is 3.30. The molecule has 0 atom stereocenters. The molecule has 0 spiro atoms. The minimum atomic E-state index is 0.267. The summed E-state index contributed by atoms with van der Waals surface area (Å²) in [7, 11) is 0. The minimum absolute atomic E-state index is 0.267. The van der Waals surface area contributed by atoms with Gasteiger partial charge in [-0.15, -0.1) is 0 Å². The smallest absolute Gasteiger partial charge is 0.237 e. The molecule has 1 saturated heterocycles. The molecule has 1 aliphatic carbocycles. The highest BCUT2D eigenvalue weighted by Gasteiger charge is 2.31. The van der Waals surface area contributed by atoms with E-state index in [-0.39, 0.29) is 5.91 Å². The molecule has 0 bridgehead atoms. The first kappa shape index (κ1) is 14.5. The van der Waals surface area contributed by atoms with Gasteiger partial charge in [-0.2, -0.15) is 5.10 Å². The Labute approximate surface area is 135 Å². The van der Waals surface area contributed by atoms with E-state index >= 15 is 0 Å². The quantitative estimate of drug-likeness (QED) is 0.940. The topological polar surface area (TPSA) is 65.4 Å². The number of aromatic nitrogens is 2. The summed E-state index contributed by atoms with van der Waals surface area (Å²) in [5.74, 6) is 1.94. The van der Waals surface area contributed by atoms with E-state index in [9.17, 15) is 4.79 Å². The number of furan rings is 1. The van der Waals surface area contributed by atoms with E-state index in [0.29, 0.717) is 19.1 Å². The highest BCUT2D eigenvalue weighted by Crippen LogP contribution is 2.26. The van der Waals surface area contributed by atoms with E-state index in [1.807, 2.05) is 18.2 Å². The molecule has 23 heavy (non-hydrogen) atoms. The lowest BCUT2D eigenvalue weighted by molar-refractivity contribution is -0.138. The number of nitrogens with one attached hydrogen (secondary N) is 1. The zero-order chi connectivity index (χ0) is 15.6. The van der Waals surface area contributed by atoms with Crippen LogP contribution in [0.3, 0.4) is 0 Å². The Balaban J connectivity index is 1.36. The van der Waals surface area contributed by atoms with Crippen molar-refractivity contribution in [2.45, 2.75) is 38.3 Å². The molecule has 0 aromatic carbocycles. The first-order chi connectivity index (χ1) is 11.3. The number of hydrogen-bond acceptors (Lipinski definition) is 4. The first-order valence-electron chi connectivity index (χ1n) is 8.40. The summed E-state index contributed by atoms with van der Waals surface area (Å²) < 4.78 is 5.85. The summed E-state index contributed by atoms with van der Waals surface area (Å²) in [5, 5.41) is 6.83. The van der Waals surface area contributed by atoms with Crippen molar-refractivity contribution >= 4 is 5.91 Å². The van der Waals surface area contributed by atoms with Gasteiger partial charge in [0.05, 0.1) is 13.1 Å². The fraction of sp³-hybridized carbons (Fsp3) is 0.529. The predicted octanol–water partition coefficient (Wildman–Crippen LogP) is 2.26. The molecule has 1 saturated carbocycles. The van der Waals surface area contributed by atoms with E-state index in [2.05, 4.69) is 20.0 Å². The molecule has 6 heteroatoms. The molecule has 4 rings (SSSR count). The Hall–Kier alpha value is -2.08. The summed E-state index contributed by atoms with van der Waals surface area (Å²) in [6, 6.07) is 6.29. The van der Waals surface area contributed by atoms with Crippen molar-refractivity contribution in [2.75, 3.05) is 19.6 Å². The Bertz CT molecular complexity index is 658. The highest BCUT2D eigenvalue weighted by molar-refractivity contribution is 5.79. The van der Waals surface area contributed by atoms with Crippen LogP contribution in [0.2, 0.25) is 0 Å².